The third-order valence-electron chi connectivity index (χ3n) is 4.38. The van der Waals surface area contributed by atoms with Crippen LogP contribution in [0.1, 0.15) is 5.56 Å². The van der Waals surface area contributed by atoms with E-state index < -0.39 is 0 Å². The van der Waals surface area contributed by atoms with Crippen molar-refractivity contribution in [3.05, 3.63) is 64.1 Å². The molecule has 2 aromatic rings. The highest BCUT2D eigenvalue weighted by molar-refractivity contribution is 6.42. The van der Waals surface area contributed by atoms with Crippen LogP contribution in [0.3, 0.4) is 0 Å². The zero-order valence-corrected chi connectivity index (χ0v) is 16.1. The SMILES string of the molecule is CN1CCN(c2ccccc2/C=C\C(=O)Nc2ccc(Cl)c(Cl)c2)CC1. The lowest BCUT2D eigenvalue weighted by Crippen LogP contribution is -2.44. The number of amides is 1. The molecule has 1 saturated heterocycles. The van der Waals surface area contributed by atoms with Gasteiger partial charge in [-0.3, -0.25) is 4.79 Å². The number of piperazine rings is 1. The third kappa shape index (κ3) is 4.79. The summed E-state index contributed by atoms with van der Waals surface area (Å²) in [6, 6.07) is 13.1. The quantitative estimate of drug-likeness (QED) is 0.787. The number of hydrogen-bond donors (Lipinski definition) is 1. The molecule has 1 aliphatic rings. The largest absolute Gasteiger partial charge is 0.368 e. The molecule has 3 rings (SSSR count). The molecule has 0 unspecified atom stereocenters. The second kappa shape index (κ2) is 8.58. The van der Waals surface area contributed by atoms with E-state index in [0.29, 0.717) is 15.7 Å². The summed E-state index contributed by atoms with van der Waals surface area (Å²) in [6.07, 6.45) is 3.39. The maximum atomic E-state index is 12.2. The molecule has 4 nitrogen and oxygen atoms in total. The Labute approximate surface area is 164 Å². The smallest absolute Gasteiger partial charge is 0.248 e. The first-order valence-corrected chi connectivity index (χ1v) is 9.25. The number of hydrogen-bond acceptors (Lipinski definition) is 3. The molecule has 1 fully saturated rings. The van der Waals surface area contributed by atoms with Crippen LogP contribution in [-0.2, 0) is 4.79 Å². The molecule has 26 heavy (non-hydrogen) atoms. The molecule has 0 aromatic heterocycles. The highest BCUT2D eigenvalue weighted by Gasteiger charge is 2.15. The highest BCUT2D eigenvalue weighted by atomic mass is 35.5. The van der Waals surface area contributed by atoms with Crippen molar-refractivity contribution in [3.8, 4) is 0 Å². The van der Waals surface area contributed by atoms with Gasteiger partial charge in [-0.25, -0.2) is 0 Å². The minimum absolute atomic E-state index is 0.212. The van der Waals surface area contributed by atoms with Gasteiger partial charge in [-0.15, -0.1) is 0 Å². The molecule has 0 aliphatic carbocycles. The molecule has 1 heterocycles. The normalized spacial score (nSPS) is 15.4. The van der Waals surface area contributed by atoms with E-state index in [9.17, 15) is 4.79 Å². The van der Waals surface area contributed by atoms with E-state index in [2.05, 4.69) is 28.2 Å². The van der Waals surface area contributed by atoms with Crippen molar-refractivity contribution in [2.45, 2.75) is 0 Å². The van der Waals surface area contributed by atoms with Crippen LogP contribution in [0.5, 0.6) is 0 Å². The fraction of sp³-hybridized carbons (Fsp3) is 0.250. The van der Waals surface area contributed by atoms with E-state index >= 15 is 0 Å². The second-order valence-corrected chi connectivity index (χ2v) is 7.12. The lowest BCUT2D eigenvalue weighted by Gasteiger charge is -2.34. The van der Waals surface area contributed by atoms with Crippen LogP contribution >= 0.6 is 23.2 Å². The summed E-state index contributed by atoms with van der Waals surface area (Å²) in [5, 5.41) is 3.67. The first-order chi connectivity index (χ1) is 12.5. The fourth-order valence-corrected chi connectivity index (χ4v) is 3.19. The molecular formula is C20H21Cl2N3O. The summed E-state index contributed by atoms with van der Waals surface area (Å²) >= 11 is 11.9. The van der Waals surface area contributed by atoms with Crippen LogP contribution in [0, 0.1) is 0 Å². The van der Waals surface area contributed by atoms with E-state index in [1.807, 2.05) is 24.3 Å². The predicted molar refractivity (Wildman–Crippen MR) is 110 cm³/mol. The lowest BCUT2D eigenvalue weighted by molar-refractivity contribution is -0.111. The topological polar surface area (TPSA) is 35.6 Å². The summed E-state index contributed by atoms with van der Waals surface area (Å²) in [7, 11) is 2.14. The molecule has 6 heteroatoms. The molecule has 2 aromatic carbocycles. The maximum Gasteiger partial charge on any atom is 0.248 e. The monoisotopic (exact) mass is 389 g/mol. The van der Waals surface area contributed by atoms with Gasteiger partial charge in [0.2, 0.25) is 5.91 Å². The van der Waals surface area contributed by atoms with E-state index in [0.717, 1.165) is 37.4 Å². The predicted octanol–water partition coefficient (Wildman–Crippen LogP) is 4.40. The van der Waals surface area contributed by atoms with Crippen molar-refractivity contribution in [1.29, 1.82) is 0 Å². The summed E-state index contributed by atoms with van der Waals surface area (Å²) in [5.41, 5.74) is 2.79. The van der Waals surface area contributed by atoms with Crippen molar-refractivity contribution in [2.24, 2.45) is 0 Å². The number of likely N-dealkylation sites (N-methyl/N-ethyl adjacent to an activating group) is 1. The molecule has 1 N–H and O–H groups in total. The summed E-state index contributed by atoms with van der Waals surface area (Å²) in [6.45, 7) is 4.04. The van der Waals surface area contributed by atoms with Crippen LogP contribution in [-0.4, -0.2) is 44.0 Å². The highest BCUT2D eigenvalue weighted by Crippen LogP contribution is 2.25. The number of nitrogens with one attached hydrogen (secondary N) is 1. The van der Waals surface area contributed by atoms with Gasteiger partial charge in [0.05, 0.1) is 10.0 Å². The number of para-hydroxylation sites is 1. The average molecular weight is 390 g/mol. The Hall–Kier alpha value is -2.01. The van der Waals surface area contributed by atoms with Crippen LogP contribution in [0.25, 0.3) is 6.08 Å². The van der Waals surface area contributed by atoms with Gasteiger partial charge in [-0.1, -0.05) is 41.4 Å². The van der Waals surface area contributed by atoms with Crippen LogP contribution in [0.2, 0.25) is 10.0 Å². The fourth-order valence-electron chi connectivity index (χ4n) is 2.89. The number of halogens is 2. The number of carbonyl (C=O) groups is 1. The van der Waals surface area contributed by atoms with E-state index in [-0.39, 0.29) is 5.91 Å². The van der Waals surface area contributed by atoms with Gasteiger partial charge < -0.3 is 15.1 Å². The van der Waals surface area contributed by atoms with E-state index in [1.54, 1.807) is 18.2 Å². The number of rotatable bonds is 4. The number of anilines is 2. The Balaban J connectivity index is 1.70. The van der Waals surface area contributed by atoms with Crippen molar-refractivity contribution >= 4 is 46.6 Å². The maximum absolute atomic E-state index is 12.2. The van der Waals surface area contributed by atoms with Gasteiger partial charge in [-0.2, -0.15) is 0 Å². The Morgan fingerprint density at radius 1 is 1.04 bits per heavy atom. The van der Waals surface area contributed by atoms with Gasteiger partial charge in [0.25, 0.3) is 0 Å². The molecule has 0 saturated carbocycles. The molecule has 1 aliphatic heterocycles. The summed E-state index contributed by atoms with van der Waals surface area (Å²) in [5.74, 6) is -0.212. The number of carbonyl (C=O) groups excluding carboxylic acids is 1. The second-order valence-electron chi connectivity index (χ2n) is 6.30. The van der Waals surface area contributed by atoms with Crippen LogP contribution in [0.15, 0.2) is 48.5 Å². The van der Waals surface area contributed by atoms with Crippen LogP contribution in [0.4, 0.5) is 11.4 Å². The minimum Gasteiger partial charge on any atom is -0.368 e. The Kier molecular flexibility index (Phi) is 6.20. The molecule has 0 bridgehead atoms. The van der Waals surface area contributed by atoms with Crippen molar-refractivity contribution < 1.29 is 4.79 Å². The van der Waals surface area contributed by atoms with Gasteiger partial charge >= 0.3 is 0 Å². The summed E-state index contributed by atoms with van der Waals surface area (Å²) < 4.78 is 0. The lowest BCUT2D eigenvalue weighted by atomic mass is 10.1. The Morgan fingerprint density at radius 3 is 2.50 bits per heavy atom. The van der Waals surface area contributed by atoms with Gasteiger partial charge in [0.15, 0.2) is 0 Å². The molecule has 136 valence electrons. The first-order valence-electron chi connectivity index (χ1n) is 8.49. The minimum atomic E-state index is -0.212. The number of nitrogens with zero attached hydrogens (tertiary/aromatic N) is 2. The standard InChI is InChI=1S/C20H21Cl2N3O/c1-24-10-12-25(13-11-24)19-5-3-2-4-15(19)6-9-20(26)23-16-7-8-17(21)18(22)14-16/h2-9,14H,10-13H2,1H3,(H,23,26)/b9-6-. The van der Waals surface area contributed by atoms with E-state index in [4.69, 9.17) is 23.2 Å². The zero-order valence-electron chi connectivity index (χ0n) is 14.6. The third-order valence-corrected chi connectivity index (χ3v) is 5.12. The number of benzene rings is 2. The molecular weight excluding hydrogens is 369 g/mol. The van der Waals surface area contributed by atoms with Crippen molar-refractivity contribution in [2.75, 3.05) is 43.4 Å². The van der Waals surface area contributed by atoms with Crippen molar-refractivity contribution in [1.82, 2.24) is 4.90 Å². The summed E-state index contributed by atoms with van der Waals surface area (Å²) in [4.78, 5) is 16.9. The molecule has 0 spiro atoms. The Bertz CT molecular complexity index is 814. The molecule has 1 amide bonds. The van der Waals surface area contributed by atoms with Crippen molar-refractivity contribution in [3.63, 3.8) is 0 Å². The average Bonchev–Trinajstić information content (AvgIpc) is 2.64. The Morgan fingerprint density at radius 2 is 1.77 bits per heavy atom. The van der Waals surface area contributed by atoms with Gasteiger partial charge in [0, 0.05) is 43.6 Å². The zero-order chi connectivity index (χ0) is 18.5. The van der Waals surface area contributed by atoms with Crippen LogP contribution < -0.4 is 10.2 Å². The van der Waals surface area contributed by atoms with E-state index in [1.165, 1.54) is 6.08 Å². The molecule has 0 atom stereocenters. The van der Waals surface area contributed by atoms with Gasteiger partial charge in [0.1, 0.15) is 0 Å². The molecule has 0 radical (unpaired) electrons. The van der Waals surface area contributed by atoms with Gasteiger partial charge in [-0.05, 0) is 43.0 Å². The first kappa shape index (κ1) is 18.8.